The summed E-state index contributed by atoms with van der Waals surface area (Å²) in [5, 5.41) is 6.74. The Hall–Kier alpha value is -4.41. The fourth-order valence-electron chi connectivity index (χ4n) is 3.84. The van der Waals surface area contributed by atoms with E-state index in [9.17, 15) is 14.4 Å². The van der Waals surface area contributed by atoms with E-state index in [1.54, 1.807) is 38.1 Å². The van der Waals surface area contributed by atoms with Gasteiger partial charge in [0, 0.05) is 29.6 Å². The largest absolute Gasteiger partial charge is 0.466 e. The minimum Gasteiger partial charge on any atom is -0.466 e. The molecule has 0 bridgehead atoms. The second-order valence-corrected chi connectivity index (χ2v) is 8.26. The molecule has 0 radical (unpaired) electrons. The van der Waals surface area contributed by atoms with Gasteiger partial charge in [0.15, 0.2) is 0 Å². The van der Waals surface area contributed by atoms with Gasteiger partial charge in [0.2, 0.25) is 5.95 Å². The van der Waals surface area contributed by atoms with Crippen LogP contribution in [0.3, 0.4) is 0 Å². The van der Waals surface area contributed by atoms with E-state index in [1.807, 2.05) is 19.1 Å². The van der Waals surface area contributed by atoms with E-state index in [-0.39, 0.29) is 32.0 Å². The first-order chi connectivity index (χ1) is 17.7. The summed E-state index contributed by atoms with van der Waals surface area (Å²) in [6.45, 7) is 6.24. The summed E-state index contributed by atoms with van der Waals surface area (Å²) in [6, 6.07) is 9.66. The third-order valence-corrected chi connectivity index (χ3v) is 5.73. The van der Waals surface area contributed by atoms with Gasteiger partial charge in [-0.3, -0.25) is 9.59 Å². The maximum absolute atomic E-state index is 12.8. The van der Waals surface area contributed by atoms with Crippen LogP contribution in [-0.4, -0.2) is 47.1 Å². The number of carbonyl (C=O) groups excluding carboxylic acids is 3. The van der Waals surface area contributed by atoms with Crippen molar-refractivity contribution in [2.24, 2.45) is 0 Å². The average Bonchev–Trinajstić information content (AvgIpc) is 2.86. The molecule has 37 heavy (non-hydrogen) atoms. The van der Waals surface area contributed by atoms with Crippen LogP contribution in [0.15, 0.2) is 36.4 Å². The number of esters is 2. The molecule has 0 spiro atoms. The van der Waals surface area contributed by atoms with E-state index in [0.29, 0.717) is 23.4 Å². The number of amides is 1. The van der Waals surface area contributed by atoms with Gasteiger partial charge in [0.1, 0.15) is 11.9 Å². The topological polar surface area (TPSA) is 172 Å². The van der Waals surface area contributed by atoms with Crippen LogP contribution in [0.1, 0.15) is 48.2 Å². The number of nitrogen functional groups attached to an aromatic ring is 2. The van der Waals surface area contributed by atoms with E-state index in [4.69, 9.17) is 20.9 Å². The molecule has 1 heterocycles. The van der Waals surface area contributed by atoms with Gasteiger partial charge in [-0.1, -0.05) is 6.07 Å². The molecule has 0 fully saturated rings. The van der Waals surface area contributed by atoms with Crippen LogP contribution < -0.4 is 22.1 Å². The Kier molecular flexibility index (Phi) is 9.20. The van der Waals surface area contributed by atoms with E-state index in [1.165, 1.54) is 0 Å². The molecule has 2 aromatic carbocycles. The molecular formula is C26H32N6O5. The molecule has 196 valence electrons. The predicted octanol–water partition coefficient (Wildman–Crippen LogP) is 2.72. The van der Waals surface area contributed by atoms with E-state index < -0.39 is 23.9 Å². The second-order valence-electron chi connectivity index (χ2n) is 8.26. The summed E-state index contributed by atoms with van der Waals surface area (Å²) in [5.74, 6) is -1.03. The number of nitrogens with one attached hydrogen (secondary N) is 2. The van der Waals surface area contributed by atoms with Gasteiger partial charge in [-0.15, -0.1) is 0 Å². The summed E-state index contributed by atoms with van der Waals surface area (Å²) in [4.78, 5) is 45.0. The standard InChI is InChI=1S/C26H32N6O5/c1-4-36-21(33)13-12-20(25(35)37-5-2)30-24(34)16-6-9-18(10-7-16)29-14-17-8-11-19-22(15(17)3)23(27)32-26(28)31-19/h6-11,20,29H,4-5,12-14H2,1-3H3,(H,30,34)(H4,27,28,31,32)/t20-/m0/s1. The molecule has 1 amide bonds. The Morgan fingerprint density at radius 2 is 1.68 bits per heavy atom. The lowest BCUT2D eigenvalue weighted by molar-refractivity contribution is -0.146. The van der Waals surface area contributed by atoms with Crippen molar-refractivity contribution in [1.82, 2.24) is 15.3 Å². The Morgan fingerprint density at radius 1 is 0.973 bits per heavy atom. The number of fused-ring (bicyclic) bond motifs is 1. The first-order valence-corrected chi connectivity index (χ1v) is 12.0. The number of hydrogen-bond acceptors (Lipinski definition) is 10. The average molecular weight is 509 g/mol. The van der Waals surface area contributed by atoms with Gasteiger partial charge >= 0.3 is 11.9 Å². The van der Waals surface area contributed by atoms with Crippen molar-refractivity contribution in [2.75, 3.05) is 30.0 Å². The predicted molar refractivity (Wildman–Crippen MR) is 141 cm³/mol. The smallest absolute Gasteiger partial charge is 0.328 e. The SMILES string of the molecule is CCOC(=O)CC[C@H](NC(=O)c1ccc(NCc2ccc3nc(N)nc(N)c3c2C)cc1)C(=O)OCC. The number of aromatic nitrogens is 2. The molecule has 0 aliphatic rings. The third-order valence-electron chi connectivity index (χ3n) is 5.73. The summed E-state index contributed by atoms with van der Waals surface area (Å²) in [5.41, 5.74) is 15.5. The van der Waals surface area contributed by atoms with Gasteiger partial charge in [-0.05, 0) is 68.7 Å². The Bertz CT molecular complexity index is 1280. The monoisotopic (exact) mass is 508 g/mol. The number of nitrogens with zero attached hydrogens (tertiary/aromatic N) is 2. The Morgan fingerprint density at radius 3 is 2.35 bits per heavy atom. The normalized spacial score (nSPS) is 11.5. The lowest BCUT2D eigenvalue weighted by Crippen LogP contribution is -2.42. The highest BCUT2D eigenvalue weighted by Gasteiger charge is 2.24. The lowest BCUT2D eigenvalue weighted by Gasteiger charge is -2.17. The molecule has 0 aliphatic carbocycles. The van der Waals surface area contributed by atoms with Crippen LogP contribution >= 0.6 is 0 Å². The van der Waals surface area contributed by atoms with Crippen molar-refractivity contribution in [1.29, 1.82) is 0 Å². The number of hydrogen-bond donors (Lipinski definition) is 4. The van der Waals surface area contributed by atoms with Crippen molar-refractivity contribution in [2.45, 2.75) is 46.2 Å². The quantitative estimate of drug-likeness (QED) is 0.282. The third kappa shape index (κ3) is 7.06. The maximum Gasteiger partial charge on any atom is 0.328 e. The minimum atomic E-state index is -0.961. The molecule has 0 saturated carbocycles. The molecule has 6 N–H and O–H groups in total. The van der Waals surface area contributed by atoms with Crippen molar-refractivity contribution >= 4 is 46.2 Å². The molecule has 1 aromatic heterocycles. The molecule has 0 unspecified atom stereocenters. The summed E-state index contributed by atoms with van der Waals surface area (Å²) in [7, 11) is 0. The molecular weight excluding hydrogens is 476 g/mol. The summed E-state index contributed by atoms with van der Waals surface area (Å²) < 4.78 is 9.94. The van der Waals surface area contributed by atoms with E-state index in [2.05, 4.69) is 20.6 Å². The summed E-state index contributed by atoms with van der Waals surface area (Å²) in [6.07, 6.45) is 0.0656. The van der Waals surface area contributed by atoms with Crippen LogP contribution in [0, 0.1) is 6.92 Å². The van der Waals surface area contributed by atoms with Crippen LogP contribution in [-0.2, 0) is 25.6 Å². The van der Waals surface area contributed by atoms with Crippen LogP contribution in [0.5, 0.6) is 0 Å². The van der Waals surface area contributed by atoms with Crippen LogP contribution in [0.25, 0.3) is 10.9 Å². The number of rotatable bonds is 11. The molecule has 1 atom stereocenters. The van der Waals surface area contributed by atoms with Gasteiger partial charge < -0.3 is 31.6 Å². The highest BCUT2D eigenvalue weighted by molar-refractivity contribution is 5.97. The van der Waals surface area contributed by atoms with Gasteiger partial charge in [0.25, 0.3) is 5.91 Å². The number of anilines is 3. The van der Waals surface area contributed by atoms with Crippen LogP contribution in [0.2, 0.25) is 0 Å². The zero-order valence-corrected chi connectivity index (χ0v) is 21.2. The van der Waals surface area contributed by atoms with Gasteiger partial charge in [-0.25, -0.2) is 9.78 Å². The van der Waals surface area contributed by atoms with E-state index in [0.717, 1.165) is 22.2 Å². The molecule has 0 saturated heterocycles. The Balaban J connectivity index is 1.64. The zero-order chi connectivity index (χ0) is 26.9. The first kappa shape index (κ1) is 27.2. The summed E-state index contributed by atoms with van der Waals surface area (Å²) >= 11 is 0. The minimum absolute atomic E-state index is 0.0141. The molecule has 3 rings (SSSR count). The molecule has 11 heteroatoms. The van der Waals surface area contributed by atoms with Gasteiger partial charge in [0.05, 0.1) is 18.7 Å². The molecule has 3 aromatic rings. The fraction of sp³-hybridized carbons (Fsp3) is 0.346. The van der Waals surface area contributed by atoms with Gasteiger partial charge in [-0.2, -0.15) is 4.98 Å². The second kappa shape index (κ2) is 12.5. The highest BCUT2D eigenvalue weighted by Crippen LogP contribution is 2.26. The van der Waals surface area contributed by atoms with Crippen molar-refractivity contribution < 1.29 is 23.9 Å². The Labute approximate surface area is 214 Å². The first-order valence-electron chi connectivity index (χ1n) is 12.0. The molecule has 11 nitrogen and oxygen atoms in total. The van der Waals surface area contributed by atoms with Crippen molar-refractivity contribution in [3.8, 4) is 0 Å². The van der Waals surface area contributed by atoms with E-state index >= 15 is 0 Å². The van der Waals surface area contributed by atoms with Crippen molar-refractivity contribution in [3.05, 3.63) is 53.1 Å². The number of benzene rings is 2. The number of nitrogens with two attached hydrogens (primary N) is 2. The lowest BCUT2D eigenvalue weighted by atomic mass is 10.0. The van der Waals surface area contributed by atoms with Crippen molar-refractivity contribution in [3.63, 3.8) is 0 Å². The number of ether oxygens (including phenoxy) is 2. The van der Waals surface area contributed by atoms with Crippen LogP contribution in [0.4, 0.5) is 17.5 Å². The number of aryl methyl sites for hydroxylation is 1. The zero-order valence-electron chi connectivity index (χ0n) is 21.2. The fourth-order valence-corrected chi connectivity index (χ4v) is 3.84. The molecule has 0 aliphatic heterocycles. The maximum atomic E-state index is 12.8. The number of carbonyl (C=O) groups is 3. The highest BCUT2D eigenvalue weighted by atomic mass is 16.5.